The molecule has 1 aliphatic rings. The van der Waals surface area contributed by atoms with E-state index in [0.717, 1.165) is 82.9 Å². The molecule has 0 amide bonds. The van der Waals surface area contributed by atoms with Crippen molar-refractivity contribution in [2.24, 2.45) is 4.99 Å². The van der Waals surface area contributed by atoms with Gasteiger partial charge in [-0.05, 0) is 50.6 Å². The van der Waals surface area contributed by atoms with E-state index in [9.17, 15) is 13.2 Å². The Morgan fingerprint density at radius 1 is 0.967 bits per heavy atom. The quantitative estimate of drug-likeness (QED) is 0.216. The van der Waals surface area contributed by atoms with Gasteiger partial charge in [-0.25, -0.2) is 4.99 Å². The van der Waals surface area contributed by atoms with Crippen molar-refractivity contribution in [1.82, 2.24) is 20.4 Å². The van der Waals surface area contributed by atoms with E-state index in [-0.39, 0.29) is 24.0 Å². The van der Waals surface area contributed by atoms with E-state index in [1.807, 2.05) is 6.92 Å². The van der Waals surface area contributed by atoms with Gasteiger partial charge in [0.1, 0.15) is 0 Å². The second-order valence-corrected chi connectivity index (χ2v) is 7.30. The summed E-state index contributed by atoms with van der Waals surface area (Å²) in [4.78, 5) is 9.48. The van der Waals surface area contributed by atoms with Gasteiger partial charge in [-0.3, -0.25) is 0 Å². The second kappa shape index (κ2) is 14.1. The summed E-state index contributed by atoms with van der Waals surface area (Å²) in [6, 6.07) is 5.17. The molecule has 1 aliphatic heterocycles. The zero-order chi connectivity index (χ0) is 21.1. The third-order valence-corrected chi connectivity index (χ3v) is 5.15. The Hall–Kier alpha value is -1.07. The van der Waals surface area contributed by atoms with Crippen LogP contribution in [0.3, 0.4) is 0 Å². The molecule has 0 aromatic heterocycles. The lowest BCUT2D eigenvalue weighted by atomic mass is 10.1. The van der Waals surface area contributed by atoms with Crippen molar-refractivity contribution in [3.8, 4) is 0 Å². The number of rotatable bonds is 9. The van der Waals surface area contributed by atoms with Crippen LogP contribution >= 0.6 is 24.0 Å². The van der Waals surface area contributed by atoms with Crippen molar-refractivity contribution in [2.45, 2.75) is 39.4 Å². The van der Waals surface area contributed by atoms with Crippen LogP contribution in [0.5, 0.6) is 0 Å². The molecule has 0 radical (unpaired) electrons. The number of likely N-dealkylation sites (N-methyl/N-ethyl adjacent to an activating group) is 1. The molecule has 0 atom stereocenters. The van der Waals surface area contributed by atoms with Crippen LogP contribution in [0.2, 0.25) is 0 Å². The van der Waals surface area contributed by atoms with Crippen LogP contribution in [0, 0.1) is 0 Å². The number of benzene rings is 1. The van der Waals surface area contributed by atoms with Crippen molar-refractivity contribution < 1.29 is 13.2 Å². The molecule has 30 heavy (non-hydrogen) atoms. The second-order valence-electron chi connectivity index (χ2n) is 7.30. The van der Waals surface area contributed by atoms with Gasteiger partial charge in [0, 0.05) is 39.3 Å². The molecule has 1 aromatic rings. The predicted molar refractivity (Wildman–Crippen MR) is 127 cm³/mol. The molecule has 9 heteroatoms. The first-order valence-corrected chi connectivity index (χ1v) is 10.6. The van der Waals surface area contributed by atoms with Crippen LogP contribution in [0.25, 0.3) is 0 Å². The molecular weight excluding hydrogens is 506 g/mol. The normalized spacial score (nSPS) is 16.2. The summed E-state index contributed by atoms with van der Waals surface area (Å²) >= 11 is 0. The third-order valence-electron chi connectivity index (χ3n) is 5.15. The van der Waals surface area contributed by atoms with Crippen molar-refractivity contribution in [2.75, 3.05) is 52.4 Å². The van der Waals surface area contributed by atoms with Gasteiger partial charge in [0.15, 0.2) is 5.96 Å². The Morgan fingerprint density at radius 2 is 1.60 bits per heavy atom. The van der Waals surface area contributed by atoms with E-state index in [4.69, 9.17) is 0 Å². The summed E-state index contributed by atoms with van der Waals surface area (Å²) in [7, 11) is 0. The number of piperazine rings is 1. The maximum absolute atomic E-state index is 12.6. The first-order valence-electron chi connectivity index (χ1n) is 10.6. The summed E-state index contributed by atoms with van der Waals surface area (Å²) in [5, 5.41) is 6.50. The molecule has 2 rings (SSSR count). The Labute approximate surface area is 195 Å². The third kappa shape index (κ3) is 9.82. The molecular formula is C21H35F3IN5. The van der Waals surface area contributed by atoms with E-state index < -0.39 is 11.7 Å². The van der Waals surface area contributed by atoms with Crippen molar-refractivity contribution in [3.63, 3.8) is 0 Å². The topological polar surface area (TPSA) is 42.9 Å². The fourth-order valence-corrected chi connectivity index (χ4v) is 3.31. The van der Waals surface area contributed by atoms with Crippen LogP contribution in [0.4, 0.5) is 13.2 Å². The van der Waals surface area contributed by atoms with Crippen LogP contribution in [-0.4, -0.2) is 68.1 Å². The van der Waals surface area contributed by atoms with E-state index >= 15 is 0 Å². The van der Waals surface area contributed by atoms with Gasteiger partial charge in [-0.15, -0.1) is 24.0 Å². The Balaban J connectivity index is 0.00000450. The Morgan fingerprint density at radius 3 is 2.17 bits per heavy atom. The zero-order valence-electron chi connectivity index (χ0n) is 18.0. The van der Waals surface area contributed by atoms with Crippen LogP contribution < -0.4 is 10.6 Å². The smallest absolute Gasteiger partial charge is 0.357 e. The number of nitrogens with zero attached hydrogens (tertiary/aromatic N) is 3. The highest BCUT2D eigenvalue weighted by Gasteiger charge is 2.29. The molecule has 172 valence electrons. The maximum atomic E-state index is 12.6. The molecule has 1 heterocycles. The summed E-state index contributed by atoms with van der Waals surface area (Å²) in [6.07, 6.45) is -2.11. The van der Waals surface area contributed by atoms with Gasteiger partial charge in [0.25, 0.3) is 0 Å². The summed E-state index contributed by atoms with van der Waals surface area (Å²) in [6.45, 7) is 13.0. The van der Waals surface area contributed by atoms with E-state index in [2.05, 4.69) is 32.3 Å². The first-order chi connectivity index (χ1) is 13.9. The number of guanidine groups is 1. The van der Waals surface area contributed by atoms with Crippen LogP contribution in [0.1, 0.15) is 37.8 Å². The number of hydrogen-bond donors (Lipinski definition) is 2. The average molecular weight is 541 g/mol. The lowest BCUT2D eigenvalue weighted by molar-refractivity contribution is -0.137. The lowest BCUT2D eigenvalue weighted by Crippen LogP contribution is -2.46. The molecule has 0 bridgehead atoms. The van der Waals surface area contributed by atoms with Gasteiger partial charge in [0.05, 0.1) is 12.1 Å². The lowest BCUT2D eigenvalue weighted by Gasteiger charge is -2.34. The monoisotopic (exact) mass is 541 g/mol. The van der Waals surface area contributed by atoms with E-state index in [1.54, 1.807) is 0 Å². The minimum absolute atomic E-state index is 0. The highest BCUT2D eigenvalue weighted by Crippen LogP contribution is 2.29. The summed E-state index contributed by atoms with van der Waals surface area (Å²) in [5.41, 5.74) is 0.118. The molecule has 1 aromatic carbocycles. The van der Waals surface area contributed by atoms with Crippen LogP contribution in [0.15, 0.2) is 29.3 Å². The average Bonchev–Trinajstić information content (AvgIpc) is 2.71. The number of halogens is 4. The largest absolute Gasteiger partial charge is 0.416 e. The number of unbranched alkanes of at least 4 members (excludes halogenated alkanes) is 1. The van der Waals surface area contributed by atoms with Crippen LogP contribution in [-0.2, 0) is 12.7 Å². The summed E-state index contributed by atoms with van der Waals surface area (Å²) in [5.74, 6) is 0.698. The zero-order valence-corrected chi connectivity index (χ0v) is 20.3. The van der Waals surface area contributed by atoms with E-state index in [0.29, 0.717) is 12.5 Å². The number of aliphatic imine (C=N–C) groups is 1. The Bertz CT molecular complexity index is 614. The SMILES string of the molecule is CCNC(=NCc1ccc(C(F)(F)F)cc1)NCCCCN1CCN(CC)CC1.I. The van der Waals surface area contributed by atoms with E-state index in [1.165, 1.54) is 12.1 Å². The molecule has 1 fully saturated rings. The minimum Gasteiger partial charge on any atom is -0.357 e. The summed E-state index contributed by atoms with van der Waals surface area (Å²) < 4.78 is 37.9. The Kier molecular flexibility index (Phi) is 12.7. The highest BCUT2D eigenvalue weighted by molar-refractivity contribution is 14.0. The molecule has 0 unspecified atom stereocenters. The number of hydrogen-bond acceptors (Lipinski definition) is 3. The van der Waals surface area contributed by atoms with Gasteiger partial charge in [0.2, 0.25) is 0 Å². The number of nitrogens with one attached hydrogen (secondary N) is 2. The molecule has 5 nitrogen and oxygen atoms in total. The fourth-order valence-electron chi connectivity index (χ4n) is 3.31. The van der Waals surface area contributed by atoms with Gasteiger partial charge >= 0.3 is 6.18 Å². The molecule has 0 aliphatic carbocycles. The van der Waals surface area contributed by atoms with Gasteiger partial charge in [-0.1, -0.05) is 19.1 Å². The number of alkyl halides is 3. The van der Waals surface area contributed by atoms with Crippen molar-refractivity contribution in [3.05, 3.63) is 35.4 Å². The molecule has 0 saturated carbocycles. The molecule has 1 saturated heterocycles. The molecule has 2 N–H and O–H groups in total. The maximum Gasteiger partial charge on any atom is 0.416 e. The van der Waals surface area contributed by atoms with Crippen molar-refractivity contribution >= 4 is 29.9 Å². The standard InChI is InChI=1S/C21H34F3N5.HI/c1-3-25-20(27-17-18-7-9-19(10-8-18)21(22,23)24)26-11-5-6-12-29-15-13-28(4-2)14-16-29;/h7-10H,3-6,11-17H2,1-2H3,(H2,25,26,27);1H. The minimum atomic E-state index is -4.30. The highest BCUT2D eigenvalue weighted by atomic mass is 127. The molecule has 0 spiro atoms. The van der Waals surface area contributed by atoms with Gasteiger partial charge < -0.3 is 20.4 Å². The fraction of sp³-hybridized carbons (Fsp3) is 0.667. The van der Waals surface area contributed by atoms with Crippen molar-refractivity contribution in [1.29, 1.82) is 0 Å². The first kappa shape index (κ1) is 27.0. The predicted octanol–water partition coefficient (Wildman–Crippen LogP) is 3.80. The van der Waals surface area contributed by atoms with Gasteiger partial charge in [-0.2, -0.15) is 13.2 Å².